The quantitative estimate of drug-likeness (QED) is 0.0209. The number of methoxy groups -OCH3 is 3. The van der Waals surface area contributed by atoms with Crippen LogP contribution in [0.5, 0.6) is 17.4 Å². The average Bonchev–Trinajstić information content (AvgIpc) is 0.805. The maximum Gasteiger partial charge on any atom is 0.330 e. The zero-order valence-electron chi connectivity index (χ0n) is 88.0. The molecule has 806 valence electrons. The summed E-state index contributed by atoms with van der Waals surface area (Å²) in [7, 11) is 4.30. The third kappa shape index (κ3) is 51.7. The highest BCUT2D eigenvalue weighted by molar-refractivity contribution is 5.98. The van der Waals surface area contributed by atoms with E-state index < -0.39 is 82.4 Å². The zero-order chi connectivity index (χ0) is 104. The lowest BCUT2D eigenvalue weighted by atomic mass is 9.86. The number of amides is 3. The van der Waals surface area contributed by atoms with Crippen molar-refractivity contribution in [2.75, 3.05) is 34.5 Å². The smallest absolute Gasteiger partial charge is 0.330 e. The number of aromatic nitrogens is 1. The van der Waals surface area contributed by atoms with Gasteiger partial charge in [-0.1, -0.05) is 345 Å². The number of hydrogen-bond donors (Lipinski definition) is 6. The number of nitrogens with one attached hydrogen (secondary N) is 5. The van der Waals surface area contributed by atoms with Gasteiger partial charge in [-0.05, 0) is 217 Å². The Morgan fingerprint density at radius 2 is 0.778 bits per heavy atom. The molecule has 9 rings (SSSR count). The Kier molecular flexibility index (Phi) is 60.8. The van der Waals surface area contributed by atoms with Crippen LogP contribution >= 0.6 is 0 Å². The first-order chi connectivity index (χ1) is 63.0. The van der Waals surface area contributed by atoms with Gasteiger partial charge in [0.25, 0.3) is 17.7 Å². The molecule has 0 saturated carbocycles. The van der Waals surface area contributed by atoms with Gasteiger partial charge >= 0.3 is 23.9 Å². The van der Waals surface area contributed by atoms with Crippen LogP contribution < -0.4 is 41.1 Å². The van der Waals surface area contributed by atoms with Gasteiger partial charge in [0.05, 0.1) is 34.5 Å². The number of halogens is 3. The maximum absolute atomic E-state index is 14.1. The minimum absolute atomic E-state index is 0. The number of para-hydroxylation sites is 1. The van der Waals surface area contributed by atoms with Crippen LogP contribution in [0.1, 0.15) is 366 Å². The number of aliphatic hydroxyl groups excluding tert-OH is 1. The predicted octanol–water partition coefficient (Wildman–Crippen LogP) is 27.9. The van der Waals surface area contributed by atoms with E-state index in [1.165, 1.54) is 37.0 Å². The molecule has 0 fully saturated rings. The van der Waals surface area contributed by atoms with Gasteiger partial charge in [0.1, 0.15) is 28.9 Å². The fourth-order valence-electron chi connectivity index (χ4n) is 12.4. The summed E-state index contributed by atoms with van der Waals surface area (Å²) in [6.45, 7) is 64.1. The number of rotatable bonds is 22. The summed E-state index contributed by atoms with van der Waals surface area (Å²) in [5.74, 6) is -3.19. The lowest BCUT2D eigenvalue weighted by Gasteiger charge is -2.26. The van der Waals surface area contributed by atoms with Crippen molar-refractivity contribution >= 4 is 41.6 Å². The van der Waals surface area contributed by atoms with Crippen molar-refractivity contribution in [3.05, 3.63) is 296 Å². The van der Waals surface area contributed by atoms with Crippen molar-refractivity contribution in [3.8, 4) is 17.4 Å². The number of benzene rings is 8. The number of ether oxygens (including phenoxy) is 6. The van der Waals surface area contributed by atoms with Crippen molar-refractivity contribution in [1.29, 1.82) is 0 Å². The number of pyridine rings is 1. The van der Waals surface area contributed by atoms with E-state index in [9.17, 15) is 46.7 Å². The van der Waals surface area contributed by atoms with E-state index in [1.54, 1.807) is 82.5 Å². The molecular weight excluding hydrogens is 1820 g/mol. The second-order valence-corrected chi connectivity index (χ2v) is 43.8. The van der Waals surface area contributed by atoms with Crippen molar-refractivity contribution in [2.24, 2.45) is 5.92 Å². The Bertz CT molecular complexity index is 5240. The molecule has 0 aliphatic carbocycles. The molecule has 0 saturated heterocycles. The minimum Gasteiger partial charge on any atom is -0.494 e. The monoisotopic (exact) mass is 2010 g/mol. The molecule has 21 nitrogen and oxygen atoms in total. The Balaban J connectivity index is -0.000000524. The summed E-state index contributed by atoms with van der Waals surface area (Å²) in [5.41, 5.74) is 11.8. The fraction of sp³-hybridized carbons (Fsp3) is 0.500. The normalized spacial score (nSPS) is 11.8. The average molecular weight is 2010 g/mol. The molecule has 3 amide bonds. The van der Waals surface area contributed by atoms with Crippen LogP contribution in [0.15, 0.2) is 206 Å². The molecule has 1 heterocycles. The molecule has 0 aliphatic heterocycles. The largest absolute Gasteiger partial charge is 0.494 e. The molecule has 1 aromatic heterocycles. The van der Waals surface area contributed by atoms with Crippen molar-refractivity contribution in [3.63, 3.8) is 0 Å². The van der Waals surface area contributed by atoms with Crippen molar-refractivity contribution in [1.82, 2.24) is 31.7 Å². The number of aliphatic hydroxyl groups is 1. The first-order valence-electron chi connectivity index (χ1n) is 46.3. The topological polar surface area (TPSA) is 277 Å². The first kappa shape index (κ1) is 141. The molecule has 6 N–H and O–H groups in total. The van der Waals surface area contributed by atoms with Crippen molar-refractivity contribution < 1.29 is 85.1 Å². The molecule has 24 heteroatoms. The van der Waals surface area contributed by atoms with Crippen LogP contribution in [0.2, 0.25) is 0 Å². The summed E-state index contributed by atoms with van der Waals surface area (Å²) in [4.78, 5) is 93.6. The fourth-order valence-corrected chi connectivity index (χ4v) is 12.4. The van der Waals surface area contributed by atoms with E-state index in [2.05, 4.69) is 165 Å². The van der Waals surface area contributed by atoms with Gasteiger partial charge in [-0.15, -0.1) is 0 Å². The third-order valence-corrected chi connectivity index (χ3v) is 20.5. The highest BCUT2D eigenvalue weighted by Gasteiger charge is 2.32. The second kappa shape index (κ2) is 62.2. The first-order valence-corrected chi connectivity index (χ1v) is 46.3. The van der Waals surface area contributed by atoms with E-state index in [-0.39, 0.29) is 133 Å². The number of hydrogen-bond acceptors (Lipinski definition) is 18. The zero-order valence-corrected chi connectivity index (χ0v) is 88.0. The Labute approximate surface area is 867 Å². The van der Waals surface area contributed by atoms with E-state index in [1.807, 2.05) is 218 Å². The summed E-state index contributed by atoms with van der Waals surface area (Å²) in [5, 5.41) is 20.4. The number of hydroxylamine groups is 1. The van der Waals surface area contributed by atoms with Gasteiger partial charge in [-0.3, -0.25) is 24.5 Å². The summed E-state index contributed by atoms with van der Waals surface area (Å²) in [6.07, 6.45) is 1.86. The van der Waals surface area contributed by atoms with E-state index in [4.69, 9.17) is 33.6 Å². The number of nitrogens with zero attached hydrogens (tertiary/aromatic N) is 1. The van der Waals surface area contributed by atoms with Crippen LogP contribution in [-0.4, -0.2) is 115 Å². The van der Waals surface area contributed by atoms with E-state index >= 15 is 0 Å². The molecular formula is C120H185F3N6O15. The maximum atomic E-state index is 14.1. The SMILES string of the molecule is C.C.C.C.C.C.C.CC(C)(C)OC(=O)C(NCc1ccc(C(C)(C)C)cc1)c1ccccc1.CC(C)(C)OC(=O)CNCc1ccc(C(C)(C)C)c(F)c1F.CC(C)(C)c1ccc(C(=O)NOc2ccccc2)cc1.CC(C)C(NC(=O)c1ccc(C(C)(C)C)cc1)C(=O)OC(C)(C)C.COC(=O)C(CO)NC(=O)c1ccc(C(C)(C)C)cc1.COc1ccc(C(C)(C)C)cc1F.COc1ccc(C(C)(C)C)cn1. The molecule has 0 aliphatic rings. The second-order valence-electron chi connectivity index (χ2n) is 43.8. The lowest BCUT2D eigenvalue weighted by molar-refractivity contribution is -0.159. The van der Waals surface area contributed by atoms with Gasteiger partial charge < -0.3 is 54.3 Å². The van der Waals surface area contributed by atoms with Crippen LogP contribution in [0.25, 0.3) is 0 Å². The number of carbonyl (C=O) groups excluding carboxylic acids is 7. The molecule has 0 spiro atoms. The molecule has 3 atom stereocenters. The molecule has 9 aromatic rings. The highest BCUT2D eigenvalue weighted by atomic mass is 19.2. The Morgan fingerprint density at radius 3 is 1.14 bits per heavy atom. The van der Waals surface area contributed by atoms with Crippen LogP contribution in [0.3, 0.4) is 0 Å². The van der Waals surface area contributed by atoms with Crippen molar-refractivity contribution in [2.45, 2.75) is 359 Å². The number of carbonyl (C=O) groups is 7. The van der Waals surface area contributed by atoms with E-state index in [0.717, 1.165) is 27.8 Å². The molecule has 0 radical (unpaired) electrons. The number of esters is 4. The van der Waals surface area contributed by atoms with E-state index in [0.29, 0.717) is 46.2 Å². The van der Waals surface area contributed by atoms with Gasteiger partial charge in [0, 0.05) is 47.6 Å². The minimum atomic E-state index is -1.05. The Hall–Kier alpha value is -11.7. The molecule has 0 bridgehead atoms. The molecule has 144 heavy (non-hydrogen) atoms. The molecule has 3 unspecified atom stereocenters. The third-order valence-electron chi connectivity index (χ3n) is 20.5. The van der Waals surface area contributed by atoms with Gasteiger partial charge in [-0.2, -0.15) is 5.48 Å². The van der Waals surface area contributed by atoms with Gasteiger partial charge in [-0.25, -0.2) is 32.5 Å². The summed E-state index contributed by atoms with van der Waals surface area (Å²) < 4.78 is 71.8. The summed E-state index contributed by atoms with van der Waals surface area (Å²) in [6, 6.07) is 59.5. The van der Waals surface area contributed by atoms with Crippen LogP contribution in [0, 0.1) is 23.4 Å². The highest BCUT2D eigenvalue weighted by Crippen LogP contribution is 2.32. The molecule has 8 aromatic carbocycles. The summed E-state index contributed by atoms with van der Waals surface area (Å²) >= 11 is 0. The van der Waals surface area contributed by atoms with Gasteiger partial charge in [0.2, 0.25) is 5.88 Å². The standard InChI is InChI=1S/C23H31NO2.C20H31NO3.C17H25F2NO2.C17H19NO2.C15H21NO4.C11H15FO.C10H15NO.7CH4/c1-22(2,3)19-14-12-17(13-15-19)16-24-20(18-10-8-7-9-11-18)21(25)26-23(4,5)6;1-13(2)16(18(23)24-20(6,7)8)21-17(22)14-9-11-15(12-10-14)19(3,4)5;1-16(2,3)12-8-7-11(14(18)15(12)19)9-20-10-13(21)22-17(4,5)6;1-17(2,3)14-11-9-13(10-12-14)16(19)18-20-15-7-5-4-6-8-15;1-15(2,3)11-7-5-10(6-8-11)13(18)16-12(9-17)14(19)20-4;1-11(2,3)8-5-6-10(13-4)9(12)7-8;1-10(2,3)8-5-6-9(12-4)11-7-8;;;;;;;/h7-15,20,24H,16H2,1-6H3;9-13,16H,1-8H3,(H,21,22);7-8,20H,9-10H2,1-6H3;4-12H,1-3H3,(H,18,19);5-8,12,17H,9H2,1-4H3,(H,16,18);5-7H,1-4H3;5-7H,1-4H3;7*1H4. The van der Waals surface area contributed by atoms with Gasteiger partial charge in [0.15, 0.2) is 35.0 Å². The van der Waals surface area contributed by atoms with Crippen LogP contribution in [-0.2, 0) is 89.1 Å². The van der Waals surface area contributed by atoms with Crippen LogP contribution in [0.4, 0.5) is 13.2 Å². The Morgan fingerprint density at radius 1 is 0.389 bits per heavy atom. The predicted molar refractivity (Wildman–Crippen MR) is 590 cm³/mol. The lowest BCUT2D eigenvalue weighted by Crippen LogP contribution is -2.47.